The van der Waals surface area contributed by atoms with E-state index in [1.807, 2.05) is 6.08 Å². The smallest absolute Gasteiger partial charge is 0.306 e. The summed E-state index contributed by atoms with van der Waals surface area (Å²) in [5, 5.41) is 0. The van der Waals surface area contributed by atoms with Gasteiger partial charge in [0.2, 0.25) is 0 Å². The molecule has 1 unspecified atom stereocenters. The Morgan fingerprint density at radius 1 is 0.436 bits per heavy atom. The summed E-state index contributed by atoms with van der Waals surface area (Å²) < 4.78 is 16.6. The Hall–Kier alpha value is -3.15. The van der Waals surface area contributed by atoms with Crippen LogP contribution in [-0.2, 0) is 28.6 Å². The van der Waals surface area contributed by atoms with Gasteiger partial charge in [0, 0.05) is 19.3 Å². The predicted molar refractivity (Wildman–Crippen MR) is 233 cm³/mol. The normalized spacial score (nSPS) is 12.5. The van der Waals surface area contributed by atoms with Gasteiger partial charge < -0.3 is 14.2 Å². The lowest BCUT2D eigenvalue weighted by Gasteiger charge is -2.18. The number of unbranched alkanes of at least 4 members (excludes halogenated alkanes) is 18. The summed E-state index contributed by atoms with van der Waals surface area (Å²) in [5.74, 6) is -0.956. The third-order valence-corrected chi connectivity index (χ3v) is 9.31. The fourth-order valence-corrected chi connectivity index (χ4v) is 5.93. The standard InChI is InChI=1S/C49H82O6/c1-4-7-10-13-16-18-20-22-24-26-28-30-33-36-39-42-48(51)54-45-46(44-53-47(50)41-38-35-32-15-12-9-6-3)55-49(52)43-40-37-34-31-29-27-25-23-21-19-17-14-11-8-5-2/h6-7,10,16-19,22-25,46H,3-5,8-9,11-15,20-21,26-45H2,1-2H3/b10-7-,18-16-,19-17-,24-22-,25-23-. The Balaban J connectivity index is 4.37. The molecule has 0 aliphatic rings. The van der Waals surface area contributed by atoms with Gasteiger partial charge in [0.1, 0.15) is 13.2 Å². The Bertz CT molecular complexity index is 1050. The number of esters is 3. The molecule has 0 bridgehead atoms. The molecule has 0 heterocycles. The number of hydrogen-bond acceptors (Lipinski definition) is 6. The Labute approximate surface area is 338 Å². The van der Waals surface area contributed by atoms with Crippen molar-refractivity contribution in [2.24, 2.45) is 0 Å². The van der Waals surface area contributed by atoms with Crippen molar-refractivity contribution >= 4 is 17.9 Å². The van der Waals surface area contributed by atoms with E-state index in [4.69, 9.17) is 14.2 Å². The summed E-state index contributed by atoms with van der Waals surface area (Å²) in [5.41, 5.74) is 0. The number of ether oxygens (including phenoxy) is 3. The zero-order valence-electron chi connectivity index (χ0n) is 35.5. The highest BCUT2D eigenvalue weighted by Crippen LogP contribution is 2.13. The summed E-state index contributed by atoms with van der Waals surface area (Å²) in [4.78, 5) is 37.6. The van der Waals surface area contributed by atoms with Crippen molar-refractivity contribution in [1.29, 1.82) is 0 Å². The minimum Gasteiger partial charge on any atom is -0.462 e. The molecule has 0 aliphatic heterocycles. The van der Waals surface area contributed by atoms with E-state index >= 15 is 0 Å². The third-order valence-electron chi connectivity index (χ3n) is 9.31. The quantitative estimate of drug-likeness (QED) is 0.0267. The van der Waals surface area contributed by atoms with Gasteiger partial charge >= 0.3 is 17.9 Å². The lowest BCUT2D eigenvalue weighted by molar-refractivity contribution is -0.167. The zero-order valence-corrected chi connectivity index (χ0v) is 35.5. The summed E-state index contributed by atoms with van der Waals surface area (Å²) in [6.45, 7) is 7.94. The molecule has 6 heteroatoms. The van der Waals surface area contributed by atoms with Crippen molar-refractivity contribution in [2.75, 3.05) is 13.2 Å². The first kappa shape index (κ1) is 51.9. The second kappa shape index (κ2) is 43.6. The maximum atomic E-state index is 12.7. The molecule has 0 aliphatic carbocycles. The van der Waals surface area contributed by atoms with Crippen LogP contribution in [0.3, 0.4) is 0 Å². The highest BCUT2D eigenvalue weighted by molar-refractivity contribution is 5.71. The van der Waals surface area contributed by atoms with E-state index < -0.39 is 6.10 Å². The maximum Gasteiger partial charge on any atom is 0.306 e. The number of carbonyl (C=O) groups is 3. The molecule has 55 heavy (non-hydrogen) atoms. The number of rotatable bonds is 40. The predicted octanol–water partition coefficient (Wildman–Crippen LogP) is 14.3. The average molecular weight is 767 g/mol. The Kier molecular flexibility index (Phi) is 41.1. The van der Waals surface area contributed by atoms with Gasteiger partial charge in [-0.05, 0) is 96.3 Å². The molecule has 314 valence electrons. The van der Waals surface area contributed by atoms with E-state index in [1.165, 1.54) is 25.7 Å². The molecular formula is C49H82O6. The molecule has 1 atom stereocenters. The van der Waals surface area contributed by atoms with Gasteiger partial charge in [-0.15, -0.1) is 6.58 Å². The van der Waals surface area contributed by atoms with Gasteiger partial charge in [0.05, 0.1) is 0 Å². The third kappa shape index (κ3) is 41.8. The highest BCUT2D eigenvalue weighted by atomic mass is 16.6. The second-order valence-corrected chi connectivity index (χ2v) is 14.7. The van der Waals surface area contributed by atoms with Crippen LogP contribution < -0.4 is 0 Å². The first-order chi connectivity index (χ1) is 27.0. The van der Waals surface area contributed by atoms with Gasteiger partial charge in [0.15, 0.2) is 6.10 Å². The minimum absolute atomic E-state index is 0.0968. The topological polar surface area (TPSA) is 78.9 Å². The van der Waals surface area contributed by atoms with Gasteiger partial charge in [-0.2, -0.15) is 0 Å². The van der Waals surface area contributed by atoms with Gasteiger partial charge in [-0.3, -0.25) is 14.4 Å². The zero-order chi connectivity index (χ0) is 40.1. The van der Waals surface area contributed by atoms with Crippen molar-refractivity contribution < 1.29 is 28.6 Å². The molecule has 0 N–H and O–H groups in total. The van der Waals surface area contributed by atoms with Crippen LogP contribution in [0.15, 0.2) is 73.4 Å². The van der Waals surface area contributed by atoms with E-state index in [0.29, 0.717) is 19.3 Å². The Morgan fingerprint density at radius 2 is 0.800 bits per heavy atom. The maximum absolute atomic E-state index is 12.7. The summed E-state index contributed by atoms with van der Waals surface area (Å²) in [6, 6.07) is 0. The molecule has 0 saturated heterocycles. The van der Waals surface area contributed by atoms with Crippen molar-refractivity contribution in [2.45, 2.75) is 206 Å². The average Bonchev–Trinajstić information content (AvgIpc) is 3.18. The molecule has 0 aromatic carbocycles. The van der Waals surface area contributed by atoms with Crippen LogP contribution in [0.25, 0.3) is 0 Å². The number of allylic oxidation sites excluding steroid dienone is 11. The fourth-order valence-electron chi connectivity index (χ4n) is 5.93. The first-order valence-electron chi connectivity index (χ1n) is 22.4. The SMILES string of the molecule is C=CCCCCCCCC(=O)OCC(COC(=O)CCCCCCC/C=C\C/C=C\C/C=C\CC)OC(=O)CCCCCCC/C=C\C/C=C\CCCCC. The van der Waals surface area contributed by atoms with E-state index in [2.05, 4.69) is 81.2 Å². The molecule has 0 saturated carbocycles. The molecular weight excluding hydrogens is 685 g/mol. The molecule has 0 rings (SSSR count). The van der Waals surface area contributed by atoms with Crippen LogP contribution in [0.2, 0.25) is 0 Å². The second-order valence-electron chi connectivity index (χ2n) is 14.7. The number of carbonyl (C=O) groups excluding carboxylic acids is 3. The van der Waals surface area contributed by atoms with Crippen LogP contribution in [-0.4, -0.2) is 37.2 Å². The van der Waals surface area contributed by atoms with E-state index in [0.717, 1.165) is 141 Å². The summed E-state index contributed by atoms with van der Waals surface area (Å²) in [6.07, 6.45) is 52.1. The minimum atomic E-state index is -0.793. The number of hydrogen-bond donors (Lipinski definition) is 0. The molecule has 0 spiro atoms. The van der Waals surface area contributed by atoms with Gasteiger partial charge in [-0.1, -0.05) is 151 Å². The van der Waals surface area contributed by atoms with Crippen molar-refractivity contribution in [3.05, 3.63) is 73.4 Å². The van der Waals surface area contributed by atoms with Crippen molar-refractivity contribution in [1.82, 2.24) is 0 Å². The van der Waals surface area contributed by atoms with Crippen LogP contribution >= 0.6 is 0 Å². The molecule has 6 nitrogen and oxygen atoms in total. The molecule has 0 aromatic rings. The van der Waals surface area contributed by atoms with Crippen LogP contribution in [0.4, 0.5) is 0 Å². The van der Waals surface area contributed by atoms with Gasteiger partial charge in [0.25, 0.3) is 0 Å². The molecule has 0 fully saturated rings. The van der Waals surface area contributed by atoms with Crippen molar-refractivity contribution in [3.63, 3.8) is 0 Å². The van der Waals surface area contributed by atoms with Crippen LogP contribution in [0.1, 0.15) is 200 Å². The van der Waals surface area contributed by atoms with Crippen LogP contribution in [0.5, 0.6) is 0 Å². The summed E-state index contributed by atoms with van der Waals surface area (Å²) >= 11 is 0. The highest BCUT2D eigenvalue weighted by Gasteiger charge is 2.19. The molecule has 0 radical (unpaired) electrons. The van der Waals surface area contributed by atoms with Crippen molar-refractivity contribution in [3.8, 4) is 0 Å². The van der Waals surface area contributed by atoms with Crippen LogP contribution in [0, 0.1) is 0 Å². The largest absolute Gasteiger partial charge is 0.462 e. The van der Waals surface area contributed by atoms with E-state index in [9.17, 15) is 14.4 Å². The van der Waals surface area contributed by atoms with E-state index in [-0.39, 0.29) is 31.1 Å². The fraction of sp³-hybridized carbons (Fsp3) is 0.694. The van der Waals surface area contributed by atoms with Gasteiger partial charge in [-0.25, -0.2) is 0 Å². The first-order valence-corrected chi connectivity index (χ1v) is 22.4. The lowest BCUT2D eigenvalue weighted by atomic mass is 10.1. The molecule has 0 aromatic heterocycles. The lowest BCUT2D eigenvalue weighted by Crippen LogP contribution is -2.30. The summed E-state index contributed by atoms with van der Waals surface area (Å²) in [7, 11) is 0. The molecule has 0 amide bonds. The monoisotopic (exact) mass is 767 g/mol. The van der Waals surface area contributed by atoms with E-state index in [1.54, 1.807) is 0 Å². The Morgan fingerprint density at radius 3 is 1.24 bits per heavy atom.